The van der Waals surface area contributed by atoms with Crippen LogP contribution in [0.25, 0.3) is 11.1 Å². The standard InChI is InChI=1S/C18H17NO3/c20-12-16-7-6-14(11-17(16)21)13-4-3-5-15(10-13)18(22)19-8-1-2-9-19/h3-7,10-12,21H,1-2,8-9H2. The summed E-state index contributed by atoms with van der Waals surface area (Å²) in [5, 5.41) is 9.80. The topological polar surface area (TPSA) is 57.6 Å². The Bertz CT molecular complexity index is 718. The van der Waals surface area contributed by atoms with Crippen LogP contribution in [0.15, 0.2) is 42.5 Å². The fraction of sp³-hybridized carbons (Fsp3) is 0.222. The van der Waals surface area contributed by atoms with Gasteiger partial charge in [0.15, 0.2) is 6.29 Å². The Kier molecular flexibility index (Phi) is 3.92. The van der Waals surface area contributed by atoms with E-state index in [4.69, 9.17) is 0 Å². The number of carbonyl (C=O) groups excluding carboxylic acids is 2. The lowest BCUT2D eigenvalue weighted by Gasteiger charge is -2.15. The molecule has 112 valence electrons. The van der Waals surface area contributed by atoms with Crippen LogP contribution in [-0.2, 0) is 0 Å². The van der Waals surface area contributed by atoms with E-state index in [0.29, 0.717) is 11.8 Å². The van der Waals surface area contributed by atoms with Gasteiger partial charge >= 0.3 is 0 Å². The summed E-state index contributed by atoms with van der Waals surface area (Å²) in [6.45, 7) is 1.63. The summed E-state index contributed by atoms with van der Waals surface area (Å²) >= 11 is 0. The number of carbonyl (C=O) groups is 2. The molecule has 1 aliphatic rings. The van der Waals surface area contributed by atoms with Crippen LogP contribution in [0.5, 0.6) is 5.75 Å². The number of hydrogen-bond donors (Lipinski definition) is 1. The number of rotatable bonds is 3. The van der Waals surface area contributed by atoms with Gasteiger partial charge in [-0.3, -0.25) is 9.59 Å². The fourth-order valence-electron chi connectivity index (χ4n) is 2.76. The molecule has 4 nitrogen and oxygen atoms in total. The molecule has 3 rings (SSSR count). The van der Waals surface area contributed by atoms with E-state index >= 15 is 0 Å². The van der Waals surface area contributed by atoms with E-state index < -0.39 is 0 Å². The molecule has 1 heterocycles. The molecule has 0 saturated carbocycles. The average molecular weight is 295 g/mol. The van der Waals surface area contributed by atoms with Gasteiger partial charge in [-0.25, -0.2) is 0 Å². The minimum Gasteiger partial charge on any atom is -0.507 e. The van der Waals surface area contributed by atoms with Crippen molar-refractivity contribution in [2.75, 3.05) is 13.1 Å². The molecule has 22 heavy (non-hydrogen) atoms. The SMILES string of the molecule is O=Cc1ccc(-c2cccc(C(=O)N3CCCC3)c2)cc1O. The minimum absolute atomic E-state index is 0.0492. The van der Waals surface area contributed by atoms with Crippen LogP contribution in [0.3, 0.4) is 0 Å². The van der Waals surface area contributed by atoms with Crippen molar-refractivity contribution in [3.63, 3.8) is 0 Å². The predicted octanol–water partition coefficient (Wildman–Crippen LogP) is 3.11. The van der Waals surface area contributed by atoms with Gasteiger partial charge in [0.25, 0.3) is 5.91 Å². The van der Waals surface area contributed by atoms with Gasteiger partial charge in [0.05, 0.1) is 5.56 Å². The van der Waals surface area contributed by atoms with Gasteiger partial charge < -0.3 is 10.0 Å². The highest BCUT2D eigenvalue weighted by atomic mass is 16.3. The summed E-state index contributed by atoms with van der Waals surface area (Å²) in [6, 6.07) is 12.2. The molecule has 1 saturated heterocycles. The number of phenols is 1. The molecule has 2 aromatic rings. The van der Waals surface area contributed by atoms with Crippen molar-refractivity contribution in [1.82, 2.24) is 4.90 Å². The van der Waals surface area contributed by atoms with Crippen LogP contribution in [0.1, 0.15) is 33.6 Å². The van der Waals surface area contributed by atoms with E-state index in [1.807, 2.05) is 29.2 Å². The molecule has 1 N–H and O–H groups in total. The maximum Gasteiger partial charge on any atom is 0.253 e. The zero-order valence-corrected chi connectivity index (χ0v) is 12.2. The van der Waals surface area contributed by atoms with Gasteiger partial charge in [0, 0.05) is 18.7 Å². The van der Waals surface area contributed by atoms with Gasteiger partial charge in [-0.2, -0.15) is 0 Å². The van der Waals surface area contributed by atoms with Crippen molar-refractivity contribution in [2.24, 2.45) is 0 Å². The van der Waals surface area contributed by atoms with Gasteiger partial charge in [-0.05, 0) is 48.2 Å². The third kappa shape index (κ3) is 2.72. The van der Waals surface area contributed by atoms with Crippen LogP contribution in [-0.4, -0.2) is 35.3 Å². The summed E-state index contributed by atoms with van der Waals surface area (Å²) < 4.78 is 0. The second kappa shape index (κ2) is 6.02. The normalized spacial score (nSPS) is 14.1. The lowest BCUT2D eigenvalue weighted by Crippen LogP contribution is -2.27. The summed E-state index contributed by atoms with van der Waals surface area (Å²) in [4.78, 5) is 25.1. The monoisotopic (exact) mass is 295 g/mol. The molecule has 0 aliphatic carbocycles. The Morgan fingerprint density at radius 1 is 1.05 bits per heavy atom. The Balaban J connectivity index is 1.92. The molecular weight excluding hydrogens is 278 g/mol. The number of hydrogen-bond acceptors (Lipinski definition) is 3. The third-order valence-corrected chi connectivity index (χ3v) is 3.99. The first-order valence-electron chi connectivity index (χ1n) is 7.37. The largest absolute Gasteiger partial charge is 0.507 e. The zero-order chi connectivity index (χ0) is 15.5. The molecule has 0 unspecified atom stereocenters. The maximum atomic E-state index is 12.4. The molecule has 0 radical (unpaired) electrons. The smallest absolute Gasteiger partial charge is 0.253 e. The molecule has 0 atom stereocenters. The first kappa shape index (κ1) is 14.3. The number of likely N-dealkylation sites (tertiary alicyclic amines) is 1. The number of phenolic OH excluding ortho intramolecular Hbond substituents is 1. The second-order valence-corrected chi connectivity index (χ2v) is 5.47. The lowest BCUT2D eigenvalue weighted by atomic mass is 10.0. The third-order valence-electron chi connectivity index (χ3n) is 3.99. The first-order chi connectivity index (χ1) is 10.7. The number of nitrogens with zero attached hydrogens (tertiary/aromatic N) is 1. The van der Waals surface area contributed by atoms with Gasteiger partial charge in [-0.15, -0.1) is 0 Å². The molecule has 1 amide bonds. The first-order valence-corrected chi connectivity index (χ1v) is 7.37. The van der Waals surface area contributed by atoms with Gasteiger partial charge in [-0.1, -0.05) is 18.2 Å². The van der Waals surface area contributed by atoms with Crippen LogP contribution in [0.2, 0.25) is 0 Å². The number of benzene rings is 2. The highest BCUT2D eigenvalue weighted by Crippen LogP contribution is 2.27. The Labute approximate surface area is 129 Å². The molecule has 2 aromatic carbocycles. The zero-order valence-electron chi connectivity index (χ0n) is 12.2. The van der Waals surface area contributed by atoms with E-state index in [-0.39, 0.29) is 17.2 Å². The van der Waals surface area contributed by atoms with E-state index in [1.54, 1.807) is 18.2 Å². The van der Waals surface area contributed by atoms with Crippen LogP contribution >= 0.6 is 0 Å². The van der Waals surface area contributed by atoms with Gasteiger partial charge in [0.1, 0.15) is 5.75 Å². The van der Waals surface area contributed by atoms with E-state index in [9.17, 15) is 14.7 Å². The van der Waals surface area contributed by atoms with Crippen LogP contribution in [0, 0.1) is 0 Å². The van der Waals surface area contributed by atoms with Crippen molar-refractivity contribution >= 4 is 12.2 Å². The van der Waals surface area contributed by atoms with Crippen molar-refractivity contribution in [1.29, 1.82) is 0 Å². The molecule has 0 spiro atoms. The molecule has 4 heteroatoms. The molecule has 0 aromatic heterocycles. The molecule has 1 fully saturated rings. The number of amides is 1. The Hall–Kier alpha value is -2.62. The highest BCUT2D eigenvalue weighted by Gasteiger charge is 2.19. The summed E-state index contributed by atoms with van der Waals surface area (Å²) in [5.41, 5.74) is 2.53. The second-order valence-electron chi connectivity index (χ2n) is 5.47. The summed E-state index contributed by atoms with van der Waals surface area (Å²) in [6.07, 6.45) is 2.74. The predicted molar refractivity (Wildman–Crippen MR) is 84.1 cm³/mol. The number of aldehydes is 1. The van der Waals surface area contributed by atoms with Crippen molar-refractivity contribution < 1.29 is 14.7 Å². The average Bonchev–Trinajstić information content (AvgIpc) is 3.08. The summed E-state index contributed by atoms with van der Waals surface area (Å²) in [5.74, 6) is -0.00291. The molecule has 1 aliphatic heterocycles. The quantitative estimate of drug-likeness (QED) is 0.885. The number of aromatic hydroxyl groups is 1. The van der Waals surface area contributed by atoms with Crippen molar-refractivity contribution in [2.45, 2.75) is 12.8 Å². The van der Waals surface area contributed by atoms with Crippen molar-refractivity contribution in [3.8, 4) is 16.9 Å². The highest BCUT2D eigenvalue weighted by molar-refractivity contribution is 5.95. The Morgan fingerprint density at radius 2 is 1.77 bits per heavy atom. The molecule has 0 bridgehead atoms. The van der Waals surface area contributed by atoms with Crippen LogP contribution in [0.4, 0.5) is 0 Å². The van der Waals surface area contributed by atoms with E-state index in [1.165, 1.54) is 0 Å². The van der Waals surface area contributed by atoms with E-state index in [0.717, 1.165) is 37.1 Å². The molecular formula is C18H17NO3. The fourth-order valence-corrected chi connectivity index (χ4v) is 2.76. The maximum absolute atomic E-state index is 12.4. The lowest BCUT2D eigenvalue weighted by molar-refractivity contribution is 0.0792. The minimum atomic E-state index is -0.0521. The Morgan fingerprint density at radius 3 is 2.45 bits per heavy atom. The van der Waals surface area contributed by atoms with E-state index in [2.05, 4.69) is 0 Å². The van der Waals surface area contributed by atoms with Crippen molar-refractivity contribution in [3.05, 3.63) is 53.6 Å². The summed E-state index contributed by atoms with van der Waals surface area (Å²) in [7, 11) is 0. The van der Waals surface area contributed by atoms with Crippen LogP contribution < -0.4 is 0 Å². The van der Waals surface area contributed by atoms with Gasteiger partial charge in [0.2, 0.25) is 0 Å².